The SMILES string of the molecule is CC(C)CCC(C)C(C)CCC(C)COc1cccc(F)c1F. The molecule has 0 aliphatic heterocycles. The van der Waals surface area contributed by atoms with Crippen molar-refractivity contribution in [2.24, 2.45) is 23.7 Å². The Labute approximate surface area is 140 Å². The summed E-state index contributed by atoms with van der Waals surface area (Å²) in [5, 5.41) is 0. The fraction of sp³-hybridized carbons (Fsp3) is 0.700. The second-order valence-corrected chi connectivity index (χ2v) is 7.47. The zero-order valence-corrected chi connectivity index (χ0v) is 15.2. The molecule has 0 aliphatic rings. The van der Waals surface area contributed by atoms with Gasteiger partial charge >= 0.3 is 0 Å². The van der Waals surface area contributed by atoms with Crippen LogP contribution in [-0.4, -0.2) is 6.61 Å². The lowest BCUT2D eigenvalue weighted by atomic mass is 9.85. The normalized spacial score (nSPS) is 15.5. The van der Waals surface area contributed by atoms with Crippen LogP contribution in [0.2, 0.25) is 0 Å². The summed E-state index contributed by atoms with van der Waals surface area (Å²) in [6, 6.07) is 4.05. The third kappa shape index (κ3) is 7.32. The summed E-state index contributed by atoms with van der Waals surface area (Å²) in [5.41, 5.74) is 0. The van der Waals surface area contributed by atoms with Crippen LogP contribution in [0.3, 0.4) is 0 Å². The van der Waals surface area contributed by atoms with Crippen molar-refractivity contribution >= 4 is 0 Å². The second kappa shape index (κ2) is 9.89. The highest BCUT2D eigenvalue weighted by atomic mass is 19.2. The van der Waals surface area contributed by atoms with Crippen LogP contribution in [0.15, 0.2) is 18.2 Å². The highest BCUT2D eigenvalue weighted by Crippen LogP contribution is 2.26. The molecular formula is C20H32F2O. The third-order valence-electron chi connectivity index (χ3n) is 4.73. The third-order valence-corrected chi connectivity index (χ3v) is 4.73. The zero-order valence-electron chi connectivity index (χ0n) is 15.2. The Morgan fingerprint density at radius 1 is 0.870 bits per heavy atom. The van der Waals surface area contributed by atoms with Crippen molar-refractivity contribution in [1.29, 1.82) is 0 Å². The predicted octanol–water partition coefficient (Wildman–Crippen LogP) is 6.47. The average molecular weight is 326 g/mol. The van der Waals surface area contributed by atoms with Gasteiger partial charge in [0.05, 0.1) is 6.61 Å². The minimum Gasteiger partial charge on any atom is -0.490 e. The molecule has 23 heavy (non-hydrogen) atoms. The molecule has 0 saturated heterocycles. The molecule has 0 bridgehead atoms. The summed E-state index contributed by atoms with van der Waals surface area (Å²) in [7, 11) is 0. The molecule has 0 saturated carbocycles. The van der Waals surface area contributed by atoms with Crippen LogP contribution in [-0.2, 0) is 0 Å². The van der Waals surface area contributed by atoms with Crippen LogP contribution in [0.5, 0.6) is 5.75 Å². The highest BCUT2D eigenvalue weighted by Gasteiger charge is 2.15. The molecule has 1 nitrogen and oxygen atoms in total. The molecule has 3 heteroatoms. The van der Waals surface area contributed by atoms with Gasteiger partial charge in [-0.25, -0.2) is 4.39 Å². The van der Waals surface area contributed by atoms with E-state index in [0.29, 0.717) is 18.4 Å². The summed E-state index contributed by atoms with van der Waals surface area (Å²) in [6.45, 7) is 11.7. The van der Waals surface area contributed by atoms with Gasteiger partial charge < -0.3 is 4.74 Å². The van der Waals surface area contributed by atoms with Crippen LogP contribution < -0.4 is 4.74 Å². The first-order valence-electron chi connectivity index (χ1n) is 8.88. The molecule has 0 heterocycles. The molecule has 0 N–H and O–H groups in total. The molecule has 0 spiro atoms. The molecule has 0 aliphatic carbocycles. The Bertz CT molecular complexity index is 459. The molecule has 1 aromatic rings. The summed E-state index contributed by atoms with van der Waals surface area (Å²) in [6.07, 6.45) is 4.75. The van der Waals surface area contributed by atoms with Crippen molar-refractivity contribution in [3.8, 4) is 5.75 Å². The zero-order chi connectivity index (χ0) is 17.4. The minimum absolute atomic E-state index is 0.00944. The highest BCUT2D eigenvalue weighted by molar-refractivity contribution is 5.24. The first-order valence-corrected chi connectivity index (χ1v) is 8.88. The van der Waals surface area contributed by atoms with Gasteiger partial charge in [0, 0.05) is 0 Å². The van der Waals surface area contributed by atoms with Crippen LogP contribution in [0.25, 0.3) is 0 Å². The number of rotatable bonds is 10. The van der Waals surface area contributed by atoms with Gasteiger partial charge in [0.25, 0.3) is 0 Å². The van der Waals surface area contributed by atoms with E-state index in [9.17, 15) is 8.78 Å². The van der Waals surface area contributed by atoms with Gasteiger partial charge in [-0.05, 0) is 42.2 Å². The number of hydrogen-bond acceptors (Lipinski definition) is 1. The molecule has 1 aromatic carbocycles. The topological polar surface area (TPSA) is 9.23 Å². The van der Waals surface area contributed by atoms with Crippen molar-refractivity contribution < 1.29 is 13.5 Å². The number of halogens is 2. The lowest BCUT2D eigenvalue weighted by Crippen LogP contribution is -2.14. The van der Waals surface area contributed by atoms with E-state index in [1.165, 1.54) is 25.0 Å². The Morgan fingerprint density at radius 2 is 1.48 bits per heavy atom. The number of benzene rings is 1. The average Bonchev–Trinajstić information content (AvgIpc) is 2.51. The largest absolute Gasteiger partial charge is 0.490 e. The van der Waals surface area contributed by atoms with E-state index in [-0.39, 0.29) is 5.75 Å². The van der Waals surface area contributed by atoms with Gasteiger partial charge in [-0.15, -0.1) is 0 Å². The molecule has 3 unspecified atom stereocenters. The monoisotopic (exact) mass is 326 g/mol. The Balaban J connectivity index is 2.31. The van der Waals surface area contributed by atoms with Crippen LogP contribution in [0, 0.1) is 35.3 Å². The first kappa shape index (κ1) is 19.9. The van der Waals surface area contributed by atoms with Gasteiger partial charge in [0.2, 0.25) is 5.82 Å². The van der Waals surface area contributed by atoms with Crippen LogP contribution in [0.4, 0.5) is 8.78 Å². The smallest absolute Gasteiger partial charge is 0.200 e. The van der Waals surface area contributed by atoms with Crippen molar-refractivity contribution in [1.82, 2.24) is 0 Å². The molecule has 0 radical (unpaired) electrons. The molecule has 0 fully saturated rings. The minimum atomic E-state index is -0.893. The Morgan fingerprint density at radius 3 is 2.09 bits per heavy atom. The van der Waals surface area contributed by atoms with E-state index in [1.807, 2.05) is 0 Å². The maximum absolute atomic E-state index is 13.5. The summed E-state index contributed by atoms with van der Waals surface area (Å²) >= 11 is 0. The quantitative estimate of drug-likeness (QED) is 0.479. The molecular weight excluding hydrogens is 294 g/mol. The van der Waals surface area contributed by atoms with E-state index < -0.39 is 11.6 Å². The van der Waals surface area contributed by atoms with Crippen molar-refractivity contribution in [3.63, 3.8) is 0 Å². The van der Waals surface area contributed by atoms with E-state index >= 15 is 0 Å². The molecule has 132 valence electrons. The second-order valence-electron chi connectivity index (χ2n) is 7.47. The van der Waals surface area contributed by atoms with Crippen LogP contribution >= 0.6 is 0 Å². The molecule has 1 rings (SSSR count). The predicted molar refractivity (Wildman–Crippen MR) is 92.7 cm³/mol. The van der Waals surface area contributed by atoms with E-state index in [2.05, 4.69) is 34.6 Å². The molecule has 0 aromatic heterocycles. The lowest BCUT2D eigenvalue weighted by molar-refractivity contribution is 0.222. The van der Waals surface area contributed by atoms with Gasteiger partial charge in [0.1, 0.15) is 0 Å². The van der Waals surface area contributed by atoms with Gasteiger partial charge in [-0.3, -0.25) is 0 Å². The Kier molecular flexibility index (Phi) is 8.57. The van der Waals surface area contributed by atoms with E-state index in [1.54, 1.807) is 0 Å². The molecule has 3 atom stereocenters. The fourth-order valence-electron chi connectivity index (χ4n) is 2.62. The van der Waals surface area contributed by atoms with Crippen molar-refractivity contribution in [3.05, 3.63) is 29.8 Å². The lowest BCUT2D eigenvalue weighted by Gasteiger charge is -2.22. The van der Waals surface area contributed by atoms with Gasteiger partial charge in [-0.2, -0.15) is 4.39 Å². The summed E-state index contributed by atoms with van der Waals surface area (Å²) in [4.78, 5) is 0. The first-order chi connectivity index (χ1) is 10.8. The number of hydrogen-bond donors (Lipinski definition) is 0. The van der Waals surface area contributed by atoms with E-state index in [4.69, 9.17) is 4.74 Å². The maximum atomic E-state index is 13.5. The maximum Gasteiger partial charge on any atom is 0.200 e. The van der Waals surface area contributed by atoms with Crippen LogP contribution in [0.1, 0.15) is 60.3 Å². The summed E-state index contributed by atoms with van der Waals surface area (Å²) < 4.78 is 32.1. The molecule has 0 amide bonds. The fourth-order valence-corrected chi connectivity index (χ4v) is 2.62. The van der Waals surface area contributed by atoms with Gasteiger partial charge in [-0.1, -0.05) is 59.9 Å². The Hall–Kier alpha value is -1.12. The standard InChI is InChI=1S/C20H32F2O/c1-14(2)9-11-16(4)17(5)12-10-15(3)13-23-19-8-6-7-18(21)20(19)22/h6-8,14-17H,9-13H2,1-5H3. The van der Waals surface area contributed by atoms with Crippen molar-refractivity contribution in [2.75, 3.05) is 6.61 Å². The number of ether oxygens (including phenoxy) is 1. The van der Waals surface area contributed by atoms with Crippen molar-refractivity contribution in [2.45, 2.75) is 60.3 Å². The van der Waals surface area contributed by atoms with Gasteiger partial charge in [0.15, 0.2) is 11.6 Å². The summed E-state index contributed by atoms with van der Waals surface area (Å²) in [5.74, 6) is 0.761. The van der Waals surface area contributed by atoms with E-state index in [0.717, 1.165) is 30.7 Å².